The Hall–Kier alpha value is -3.00. The number of halogens is 1. The molecule has 1 fully saturated rings. The van der Waals surface area contributed by atoms with Crippen molar-refractivity contribution in [1.29, 1.82) is 0 Å². The zero-order valence-electron chi connectivity index (χ0n) is 14.2. The van der Waals surface area contributed by atoms with Gasteiger partial charge in [-0.05, 0) is 36.8 Å². The van der Waals surface area contributed by atoms with E-state index in [1.165, 1.54) is 10.7 Å². The molecule has 1 aromatic carbocycles. The van der Waals surface area contributed by atoms with Crippen molar-refractivity contribution in [2.45, 2.75) is 18.6 Å². The molecule has 0 radical (unpaired) electrons. The average Bonchev–Trinajstić information content (AvgIpc) is 3.36. The minimum atomic E-state index is -0.507. The maximum Gasteiger partial charge on any atom is 0.251 e. The number of carbonyl (C=O) groups excluding carboxylic acids is 1. The van der Waals surface area contributed by atoms with Gasteiger partial charge in [0.1, 0.15) is 17.6 Å². The fourth-order valence-electron chi connectivity index (χ4n) is 3.19. The fourth-order valence-corrected chi connectivity index (χ4v) is 3.19. The maximum atomic E-state index is 14.4. The van der Waals surface area contributed by atoms with E-state index in [4.69, 9.17) is 4.74 Å². The van der Waals surface area contributed by atoms with Gasteiger partial charge in [-0.3, -0.25) is 9.48 Å². The maximum absolute atomic E-state index is 14.4. The molecule has 2 atom stereocenters. The van der Waals surface area contributed by atoms with Gasteiger partial charge in [0.2, 0.25) is 0 Å². The number of hydrogen-bond donors (Lipinski definition) is 1. The first-order chi connectivity index (χ1) is 12.6. The lowest BCUT2D eigenvalue weighted by Gasteiger charge is -2.20. The summed E-state index contributed by atoms with van der Waals surface area (Å²) in [7, 11) is 1.83. The topological polar surface area (TPSA) is 74.0 Å². The molecule has 0 spiro atoms. The van der Waals surface area contributed by atoms with E-state index >= 15 is 0 Å². The highest BCUT2D eigenvalue weighted by Crippen LogP contribution is 2.29. The quantitative estimate of drug-likeness (QED) is 0.777. The molecule has 1 saturated heterocycles. The van der Waals surface area contributed by atoms with Crippen LogP contribution in [-0.4, -0.2) is 38.1 Å². The summed E-state index contributed by atoms with van der Waals surface area (Å²) in [4.78, 5) is 12.6. The molecular weight excluding hydrogens is 337 g/mol. The Morgan fingerprint density at radius 3 is 2.88 bits per heavy atom. The van der Waals surface area contributed by atoms with E-state index in [9.17, 15) is 9.18 Å². The Labute approximate surface area is 149 Å². The van der Waals surface area contributed by atoms with Gasteiger partial charge < -0.3 is 10.1 Å². The van der Waals surface area contributed by atoms with Crippen LogP contribution in [0.2, 0.25) is 0 Å². The van der Waals surface area contributed by atoms with Crippen molar-refractivity contribution in [2.24, 2.45) is 7.05 Å². The van der Waals surface area contributed by atoms with Crippen molar-refractivity contribution in [3.8, 4) is 5.69 Å². The van der Waals surface area contributed by atoms with Gasteiger partial charge in [-0.2, -0.15) is 10.2 Å². The number of aryl methyl sites for hydroxylation is 1. The van der Waals surface area contributed by atoms with Crippen LogP contribution in [0.5, 0.6) is 0 Å². The van der Waals surface area contributed by atoms with Crippen molar-refractivity contribution in [2.75, 3.05) is 6.61 Å². The molecule has 1 N–H and O–H groups in total. The lowest BCUT2D eigenvalue weighted by atomic mass is 10.1. The Kier molecular flexibility index (Phi) is 4.26. The molecule has 134 valence electrons. The van der Waals surface area contributed by atoms with Gasteiger partial charge in [-0.15, -0.1) is 0 Å². The Morgan fingerprint density at radius 2 is 2.19 bits per heavy atom. The number of benzene rings is 1. The van der Waals surface area contributed by atoms with Gasteiger partial charge in [-0.25, -0.2) is 9.07 Å². The molecule has 1 aliphatic rings. The smallest absolute Gasteiger partial charge is 0.251 e. The van der Waals surface area contributed by atoms with Crippen LogP contribution in [0, 0.1) is 5.82 Å². The van der Waals surface area contributed by atoms with E-state index < -0.39 is 5.82 Å². The van der Waals surface area contributed by atoms with Crippen molar-refractivity contribution in [3.05, 3.63) is 66.0 Å². The third-order valence-electron chi connectivity index (χ3n) is 4.52. The van der Waals surface area contributed by atoms with Crippen LogP contribution in [0.4, 0.5) is 4.39 Å². The number of aromatic nitrogens is 4. The normalized spacial score (nSPS) is 19.6. The lowest BCUT2D eigenvalue weighted by Crippen LogP contribution is -2.37. The summed E-state index contributed by atoms with van der Waals surface area (Å²) >= 11 is 0. The van der Waals surface area contributed by atoms with Crippen LogP contribution in [-0.2, 0) is 11.8 Å². The number of amides is 1. The Morgan fingerprint density at radius 1 is 1.31 bits per heavy atom. The molecular formula is C18H18FN5O2. The molecule has 0 saturated carbocycles. The zero-order valence-corrected chi connectivity index (χ0v) is 14.2. The average molecular weight is 355 g/mol. The fraction of sp³-hybridized carbons (Fsp3) is 0.278. The van der Waals surface area contributed by atoms with E-state index in [0.717, 1.165) is 5.69 Å². The first-order valence-corrected chi connectivity index (χ1v) is 8.33. The van der Waals surface area contributed by atoms with Gasteiger partial charge in [0.15, 0.2) is 0 Å². The third-order valence-corrected chi connectivity index (χ3v) is 4.52. The van der Waals surface area contributed by atoms with Gasteiger partial charge in [0.25, 0.3) is 5.91 Å². The van der Waals surface area contributed by atoms with Gasteiger partial charge in [0.05, 0.1) is 11.7 Å². The van der Waals surface area contributed by atoms with Crippen LogP contribution in [0.1, 0.15) is 28.6 Å². The summed E-state index contributed by atoms with van der Waals surface area (Å²) in [5, 5.41) is 11.1. The van der Waals surface area contributed by atoms with Crippen molar-refractivity contribution >= 4 is 5.91 Å². The van der Waals surface area contributed by atoms with Crippen LogP contribution in [0.15, 0.2) is 48.9 Å². The van der Waals surface area contributed by atoms with E-state index in [0.29, 0.717) is 18.7 Å². The highest BCUT2D eigenvalue weighted by Gasteiger charge is 2.33. The van der Waals surface area contributed by atoms with E-state index in [1.54, 1.807) is 41.5 Å². The second-order valence-electron chi connectivity index (χ2n) is 6.16. The molecule has 8 heteroatoms. The molecule has 0 unspecified atom stereocenters. The lowest BCUT2D eigenvalue weighted by molar-refractivity contribution is 0.0792. The number of rotatable bonds is 4. The number of carbonyl (C=O) groups is 1. The molecule has 26 heavy (non-hydrogen) atoms. The van der Waals surface area contributed by atoms with Crippen molar-refractivity contribution < 1.29 is 13.9 Å². The van der Waals surface area contributed by atoms with Crippen LogP contribution in [0.25, 0.3) is 5.69 Å². The predicted molar refractivity (Wildman–Crippen MR) is 91.3 cm³/mol. The third kappa shape index (κ3) is 2.99. The van der Waals surface area contributed by atoms with Crippen LogP contribution >= 0.6 is 0 Å². The molecule has 1 aliphatic heterocycles. The standard InChI is InChI=1S/C18H18FN5O2/c1-23-16(5-8-20-23)17-14(6-10-26-17)22-18(25)12-3-4-15(13(19)11-12)24-9-2-7-21-24/h2-5,7-9,11,14,17H,6,10H2,1H3,(H,22,25)/t14-,17-/m0/s1. The van der Waals surface area contributed by atoms with Crippen LogP contribution in [0.3, 0.4) is 0 Å². The molecule has 0 aliphatic carbocycles. The van der Waals surface area contributed by atoms with Gasteiger partial charge in [-0.1, -0.05) is 0 Å². The number of nitrogens with one attached hydrogen (secondary N) is 1. The van der Waals surface area contributed by atoms with Gasteiger partial charge >= 0.3 is 0 Å². The second kappa shape index (κ2) is 6.72. The number of nitrogens with zero attached hydrogens (tertiary/aromatic N) is 4. The van der Waals surface area contributed by atoms with E-state index in [-0.39, 0.29) is 23.6 Å². The van der Waals surface area contributed by atoms with Crippen molar-refractivity contribution in [3.63, 3.8) is 0 Å². The van der Waals surface area contributed by atoms with Crippen LogP contribution < -0.4 is 5.32 Å². The number of ether oxygens (including phenoxy) is 1. The summed E-state index contributed by atoms with van der Waals surface area (Å²) in [5.74, 6) is -0.842. The SMILES string of the molecule is Cn1nccc1[C@H]1OCC[C@@H]1NC(=O)c1ccc(-n2cccn2)c(F)c1. The summed E-state index contributed by atoms with van der Waals surface area (Å²) in [5.41, 5.74) is 1.45. The number of hydrogen-bond acceptors (Lipinski definition) is 4. The highest BCUT2D eigenvalue weighted by atomic mass is 19.1. The highest BCUT2D eigenvalue weighted by molar-refractivity contribution is 5.94. The molecule has 3 aromatic rings. The van der Waals surface area contributed by atoms with Gasteiger partial charge in [0, 0.05) is 37.8 Å². The molecule has 7 nitrogen and oxygen atoms in total. The summed E-state index contributed by atoms with van der Waals surface area (Å²) in [6, 6.07) is 7.74. The molecule has 4 rings (SSSR count). The van der Waals surface area contributed by atoms with E-state index in [1.807, 2.05) is 13.1 Å². The Bertz CT molecular complexity index is 922. The minimum Gasteiger partial charge on any atom is -0.370 e. The Balaban J connectivity index is 1.51. The van der Waals surface area contributed by atoms with Crippen molar-refractivity contribution in [1.82, 2.24) is 24.9 Å². The summed E-state index contributed by atoms with van der Waals surface area (Å²) < 4.78 is 23.3. The monoisotopic (exact) mass is 355 g/mol. The summed E-state index contributed by atoms with van der Waals surface area (Å²) in [6.07, 6.45) is 5.33. The largest absolute Gasteiger partial charge is 0.370 e. The molecule has 3 heterocycles. The second-order valence-corrected chi connectivity index (χ2v) is 6.16. The predicted octanol–water partition coefficient (Wildman–Crippen LogP) is 2.00. The van der Waals surface area contributed by atoms with E-state index in [2.05, 4.69) is 15.5 Å². The molecule has 2 aromatic heterocycles. The first-order valence-electron chi connectivity index (χ1n) is 8.33. The minimum absolute atomic E-state index is 0.188. The summed E-state index contributed by atoms with van der Waals surface area (Å²) in [6.45, 7) is 0.549. The zero-order chi connectivity index (χ0) is 18.1. The molecule has 1 amide bonds. The first kappa shape index (κ1) is 16.5. The molecule has 0 bridgehead atoms.